The lowest BCUT2D eigenvalue weighted by atomic mass is 10.2. The molecule has 0 aromatic heterocycles. The van der Waals surface area contributed by atoms with Gasteiger partial charge in [-0.15, -0.1) is 0 Å². The van der Waals surface area contributed by atoms with Gasteiger partial charge in [-0.25, -0.2) is 0 Å². The van der Waals surface area contributed by atoms with Gasteiger partial charge in [0.25, 0.3) is 0 Å². The molecule has 104 valence electrons. The van der Waals surface area contributed by atoms with Crippen molar-refractivity contribution in [1.82, 2.24) is 0 Å². The van der Waals surface area contributed by atoms with E-state index in [0.717, 1.165) is 22.2 Å². The molecule has 0 fully saturated rings. The molecule has 0 aliphatic carbocycles. The van der Waals surface area contributed by atoms with Gasteiger partial charge in [-0.3, -0.25) is 5.43 Å². The number of hydrogen-bond donors (Lipinski definition) is 1. The molecule has 0 atom stereocenters. The number of rotatable bonds is 3. The van der Waals surface area contributed by atoms with Crippen LogP contribution in [0.1, 0.15) is 11.1 Å². The number of alkyl halides is 3. The Morgan fingerprint density at radius 3 is 2.40 bits per heavy atom. The lowest BCUT2D eigenvalue weighted by molar-refractivity contribution is -0.137. The standard InChI is InChI=1S/C14H10BrF3N2/c15-12-6-4-10(5-7-12)9-19-20-13-3-1-2-11(8-13)14(16,17)18/h1-9,20H/b19-9+. The Balaban J connectivity index is 2.05. The zero-order valence-electron chi connectivity index (χ0n) is 10.2. The van der Waals surface area contributed by atoms with Crippen LogP contribution in [0.15, 0.2) is 58.1 Å². The number of nitrogens with zero attached hydrogens (tertiary/aromatic N) is 1. The van der Waals surface area contributed by atoms with E-state index in [9.17, 15) is 13.2 Å². The summed E-state index contributed by atoms with van der Waals surface area (Å²) < 4.78 is 38.5. The molecule has 0 spiro atoms. The molecule has 0 radical (unpaired) electrons. The minimum atomic E-state index is -4.35. The molecule has 0 aliphatic rings. The summed E-state index contributed by atoms with van der Waals surface area (Å²) in [6.45, 7) is 0. The fraction of sp³-hybridized carbons (Fsp3) is 0.0714. The van der Waals surface area contributed by atoms with Gasteiger partial charge in [-0.1, -0.05) is 34.1 Å². The zero-order chi connectivity index (χ0) is 14.6. The lowest BCUT2D eigenvalue weighted by Crippen LogP contribution is -2.05. The van der Waals surface area contributed by atoms with Crippen LogP contribution in [-0.4, -0.2) is 6.21 Å². The summed E-state index contributed by atoms with van der Waals surface area (Å²) in [4.78, 5) is 0. The van der Waals surface area contributed by atoms with E-state index in [4.69, 9.17) is 0 Å². The maximum absolute atomic E-state index is 12.5. The monoisotopic (exact) mass is 342 g/mol. The van der Waals surface area contributed by atoms with E-state index >= 15 is 0 Å². The first kappa shape index (κ1) is 14.6. The van der Waals surface area contributed by atoms with Crippen molar-refractivity contribution in [3.8, 4) is 0 Å². The summed E-state index contributed by atoms with van der Waals surface area (Å²) in [5.74, 6) is 0. The lowest BCUT2D eigenvalue weighted by Gasteiger charge is -2.07. The molecule has 0 saturated carbocycles. The Morgan fingerprint density at radius 2 is 1.75 bits per heavy atom. The maximum Gasteiger partial charge on any atom is 0.416 e. The van der Waals surface area contributed by atoms with Crippen LogP contribution in [0.2, 0.25) is 0 Å². The van der Waals surface area contributed by atoms with Crippen molar-refractivity contribution in [3.05, 3.63) is 64.1 Å². The molecule has 2 aromatic carbocycles. The fourth-order valence-corrected chi connectivity index (χ4v) is 1.76. The molecular weight excluding hydrogens is 333 g/mol. The van der Waals surface area contributed by atoms with Gasteiger partial charge in [0.2, 0.25) is 0 Å². The minimum absolute atomic E-state index is 0.285. The molecule has 2 rings (SSSR count). The number of hydrazone groups is 1. The molecule has 0 aliphatic heterocycles. The second-order valence-electron chi connectivity index (χ2n) is 4.00. The summed E-state index contributed by atoms with van der Waals surface area (Å²) in [7, 11) is 0. The Kier molecular flexibility index (Phi) is 4.44. The van der Waals surface area contributed by atoms with E-state index in [1.54, 1.807) is 0 Å². The van der Waals surface area contributed by atoms with Crippen molar-refractivity contribution in [1.29, 1.82) is 0 Å². The van der Waals surface area contributed by atoms with Gasteiger partial charge < -0.3 is 0 Å². The van der Waals surface area contributed by atoms with Crippen LogP contribution < -0.4 is 5.43 Å². The third-order valence-electron chi connectivity index (χ3n) is 2.47. The van der Waals surface area contributed by atoms with Gasteiger partial charge in [0.1, 0.15) is 0 Å². The van der Waals surface area contributed by atoms with Gasteiger partial charge in [-0.05, 0) is 35.9 Å². The van der Waals surface area contributed by atoms with Crippen molar-refractivity contribution in [3.63, 3.8) is 0 Å². The molecule has 1 N–H and O–H groups in total. The van der Waals surface area contributed by atoms with Crippen LogP contribution in [-0.2, 0) is 6.18 Å². The number of benzene rings is 2. The average Bonchev–Trinajstić information content (AvgIpc) is 2.40. The SMILES string of the molecule is FC(F)(F)c1cccc(N/N=C/c2ccc(Br)cc2)c1. The van der Waals surface area contributed by atoms with Crippen LogP contribution in [0.5, 0.6) is 0 Å². The summed E-state index contributed by atoms with van der Waals surface area (Å²) in [6, 6.07) is 12.3. The Hall–Kier alpha value is -1.82. The predicted octanol–water partition coefficient (Wildman–Crippen LogP) is 4.91. The highest BCUT2D eigenvalue weighted by Gasteiger charge is 2.30. The summed E-state index contributed by atoms with van der Waals surface area (Å²) in [6.07, 6.45) is -2.82. The highest BCUT2D eigenvalue weighted by Crippen LogP contribution is 2.30. The maximum atomic E-state index is 12.5. The molecule has 0 heterocycles. The third kappa shape index (κ3) is 4.09. The Bertz CT molecular complexity index is 607. The first-order chi connectivity index (χ1) is 9.45. The quantitative estimate of drug-likeness (QED) is 0.621. The van der Waals surface area contributed by atoms with Crippen LogP contribution >= 0.6 is 15.9 Å². The second kappa shape index (κ2) is 6.09. The van der Waals surface area contributed by atoms with Gasteiger partial charge in [-0.2, -0.15) is 18.3 Å². The highest BCUT2D eigenvalue weighted by molar-refractivity contribution is 9.10. The Labute approximate surface area is 122 Å². The zero-order valence-corrected chi connectivity index (χ0v) is 11.7. The molecule has 6 heteroatoms. The number of hydrogen-bond acceptors (Lipinski definition) is 2. The van der Waals surface area contributed by atoms with Gasteiger partial charge >= 0.3 is 6.18 Å². The number of nitrogens with one attached hydrogen (secondary N) is 1. The predicted molar refractivity (Wildman–Crippen MR) is 76.8 cm³/mol. The number of halogens is 4. The largest absolute Gasteiger partial charge is 0.416 e. The van der Waals surface area contributed by atoms with Gasteiger partial charge in [0.05, 0.1) is 17.5 Å². The molecule has 0 bridgehead atoms. The smallest absolute Gasteiger partial charge is 0.278 e. The average molecular weight is 343 g/mol. The van der Waals surface area contributed by atoms with Gasteiger partial charge in [0, 0.05) is 4.47 Å². The molecular formula is C14H10BrF3N2. The molecule has 0 amide bonds. The van der Waals surface area contributed by atoms with Gasteiger partial charge in [0.15, 0.2) is 0 Å². The van der Waals surface area contributed by atoms with E-state index in [1.807, 2.05) is 24.3 Å². The number of anilines is 1. The second-order valence-corrected chi connectivity index (χ2v) is 4.92. The highest BCUT2D eigenvalue weighted by atomic mass is 79.9. The van der Waals surface area contributed by atoms with Crippen LogP contribution in [0, 0.1) is 0 Å². The summed E-state index contributed by atoms with van der Waals surface area (Å²) in [5.41, 5.74) is 3.00. The minimum Gasteiger partial charge on any atom is -0.278 e. The summed E-state index contributed by atoms with van der Waals surface area (Å²) >= 11 is 3.31. The van der Waals surface area contributed by atoms with E-state index in [0.29, 0.717) is 0 Å². The van der Waals surface area contributed by atoms with Crippen molar-refractivity contribution in [2.24, 2.45) is 5.10 Å². The van der Waals surface area contributed by atoms with Crippen LogP contribution in [0.25, 0.3) is 0 Å². The molecule has 2 nitrogen and oxygen atoms in total. The topological polar surface area (TPSA) is 24.4 Å². The van der Waals surface area contributed by atoms with E-state index in [-0.39, 0.29) is 5.69 Å². The molecule has 20 heavy (non-hydrogen) atoms. The van der Waals surface area contributed by atoms with Crippen molar-refractivity contribution >= 4 is 27.8 Å². The van der Waals surface area contributed by atoms with E-state index in [2.05, 4.69) is 26.5 Å². The first-order valence-electron chi connectivity index (χ1n) is 5.67. The van der Waals surface area contributed by atoms with E-state index in [1.165, 1.54) is 18.3 Å². The van der Waals surface area contributed by atoms with Crippen molar-refractivity contribution in [2.75, 3.05) is 5.43 Å². The van der Waals surface area contributed by atoms with E-state index < -0.39 is 11.7 Å². The van der Waals surface area contributed by atoms with Crippen LogP contribution in [0.3, 0.4) is 0 Å². The molecule has 0 saturated heterocycles. The van der Waals surface area contributed by atoms with Crippen LogP contribution in [0.4, 0.5) is 18.9 Å². The fourth-order valence-electron chi connectivity index (χ4n) is 1.50. The normalized spacial score (nSPS) is 11.8. The van der Waals surface area contributed by atoms with Crippen molar-refractivity contribution in [2.45, 2.75) is 6.18 Å². The molecule has 0 unspecified atom stereocenters. The molecule has 2 aromatic rings. The Morgan fingerprint density at radius 1 is 1.05 bits per heavy atom. The summed E-state index contributed by atoms with van der Waals surface area (Å²) in [5, 5.41) is 3.91. The van der Waals surface area contributed by atoms with Crippen molar-refractivity contribution < 1.29 is 13.2 Å². The first-order valence-corrected chi connectivity index (χ1v) is 6.46. The third-order valence-corrected chi connectivity index (χ3v) is 3.00.